The van der Waals surface area contributed by atoms with Gasteiger partial charge in [-0.3, -0.25) is 14.4 Å². The molecule has 0 spiro atoms. The van der Waals surface area contributed by atoms with Crippen molar-refractivity contribution in [3.05, 3.63) is 54.4 Å². The van der Waals surface area contributed by atoms with Gasteiger partial charge >= 0.3 is 0 Å². The number of rotatable bonds is 6. The monoisotopic (exact) mass is 338 g/mol. The lowest BCUT2D eigenvalue weighted by atomic mass is 9.95. The smallest absolute Gasteiger partial charge is 0.242 e. The summed E-state index contributed by atoms with van der Waals surface area (Å²) in [6.45, 7) is 1.80. The maximum Gasteiger partial charge on any atom is 0.242 e. The number of aromatic nitrogens is 2. The molecule has 2 atom stereocenters. The predicted molar refractivity (Wildman–Crippen MR) is 96.9 cm³/mol. The van der Waals surface area contributed by atoms with E-state index in [-0.39, 0.29) is 11.9 Å². The minimum atomic E-state index is -0.206. The number of nitrogens with one attached hydrogen (secondary N) is 1. The zero-order valence-corrected chi connectivity index (χ0v) is 14.6. The lowest BCUT2D eigenvalue weighted by molar-refractivity contribution is -0.128. The molecule has 2 heterocycles. The maximum atomic E-state index is 13.1. The largest absolute Gasteiger partial charge is 0.352 e. The maximum absolute atomic E-state index is 13.1. The number of likely N-dealkylation sites (tertiary alicyclic amines) is 1. The quantitative estimate of drug-likeness (QED) is 0.881. The number of carbonyl (C=O) groups is 1. The standard InChI is InChI=1S/C20H26N4O/c25-20(22-17-10-11-17)19(16-7-2-1-3-8-16)24-14-5-4-9-18(24)15-23-13-6-12-21-23/h1-3,6-8,12-13,17-19H,4-5,9-11,14-15H2,(H,22,25)/t18-,19-/m0/s1. The van der Waals surface area contributed by atoms with E-state index in [9.17, 15) is 4.79 Å². The van der Waals surface area contributed by atoms with Crippen LogP contribution in [0.25, 0.3) is 0 Å². The van der Waals surface area contributed by atoms with Crippen LogP contribution in [0, 0.1) is 0 Å². The van der Waals surface area contributed by atoms with Crippen LogP contribution in [0.1, 0.15) is 43.7 Å². The molecule has 4 rings (SSSR count). The van der Waals surface area contributed by atoms with Gasteiger partial charge in [0.15, 0.2) is 0 Å². The molecule has 132 valence electrons. The van der Waals surface area contributed by atoms with Gasteiger partial charge in [-0.1, -0.05) is 36.8 Å². The molecule has 1 saturated heterocycles. The second-order valence-electron chi connectivity index (χ2n) is 7.21. The highest BCUT2D eigenvalue weighted by Crippen LogP contribution is 2.31. The lowest BCUT2D eigenvalue weighted by Gasteiger charge is -2.40. The first-order valence-electron chi connectivity index (χ1n) is 9.40. The third-order valence-corrected chi connectivity index (χ3v) is 5.25. The Morgan fingerprint density at radius 1 is 1.16 bits per heavy atom. The molecule has 0 bridgehead atoms. The van der Waals surface area contributed by atoms with Crippen LogP contribution in [0.4, 0.5) is 0 Å². The molecule has 1 amide bonds. The highest BCUT2D eigenvalue weighted by Gasteiger charge is 2.36. The van der Waals surface area contributed by atoms with Crippen LogP contribution in [-0.2, 0) is 11.3 Å². The summed E-state index contributed by atoms with van der Waals surface area (Å²) in [7, 11) is 0. The zero-order valence-electron chi connectivity index (χ0n) is 14.6. The van der Waals surface area contributed by atoms with Crippen LogP contribution in [0.3, 0.4) is 0 Å². The van der Waals surface area contributed by atoms with E-state index in [0.29, 0.717) is 12.1 Å². The fraction of sp³-hybridized carbons (Fsp3) is 0.500. The van der Waals surface area contributed by atoms with E-state index in [1.54, 1.807) is 0 Å². The zero-order chi connectivity index (χ0) is 17.1. The molecule has 1 aliphatic heterocycles. The Kier molecular flexibility index (Phi) is 4.83. The first kappa shape index (κ1) is 16.3. The molecule has 0 radical (unpaired) electrons. The number of carbonyl (C=O) groups excluding carboxylic acids is 1. The molecule has 1 aromatic heterocycles. The number of hydrogen-bond acceptors (Lipinski definition) is 3. The highest BCUT2D eigenvalue weighted by molar-refractivity contribution is 5.83. The number of amides is 1. The first-order valence-corrected chi connectivity index (χ1v) is 9.40. The van der Waals surface area contributed by atoms with E-state index in [2.05, 4.69) is 27.4 Å². The Hall–Kier alpha value is -2.14. The molecular weight excluding hydrogens is 312 g/mol. The number of benzene rings is 1. The topological polar surface area (TPSA) is 50.2 Å². The van der Waals surface area contributed by atoms with Crippen LogP contribution in [0.2, 0.25) is 0 Å². The van der Waals surface area contributed by atoms with Gasteiger partial charge in [-0.15, -0.1) is 0 Å². The van der Waals surface area contributed by atoms with E-state index in [0.717, 1.165) is 44.3 Å². The SMILES string of the molecule is O=C(NC1CC1)[C@H](c1ccccc1)N1CCCC[C@H]1Cn1cccn1. The minimum Gasteiger partial charge on any atom is -0.352 e. The Labute approximate surface area is 149 Å². The summed E-state index contributed by atoms with van der Waals surface area (Å²) in [5, 5.41) is 7.60. The molecule has 25 heavy (non-hydrogen) atoms. The molecule has 5 nitrogen and oxygen atoms in total. The van der Waals surface area contributed by atoms with Crippen molar-refractivity contribution >= 4 is 5.91 Å². The van der Waals surface area contributed by atoms with Crippen LogP contribution in [0.5, 0.6) is 0 Å². The van der Waals surface area contributed by atoms with E-state index < -0.39 is 0 Å². The molecule has 0 unspecified atom stereocenters. The number of piperidine rings is 1. The van der Waals surface area contributed by atoms with Crippen LogP contribution in [-0.4, -0.2) is 39.2 Å². The third-order valence-electron chi connectivity index (χ3n) is 5.25. The van der Waals surface area contributed by atoms with E-state index in [1.807, 2.05) is 41.3 Å². The summed E-state index contributed by atoms with van der Waals surface area (Å²) in [5.41, 5.74) is 1.09. The van der Waals surface area contributed by atoms with Gasteiger partial charge in [0.25, 0.3) is 0 Å². The van der Waals surface area contributed by atoms with Crippen molar-refractivity contribution in [2.75, 3.05) is 6.54 Å². The van der Waals surface area contributed by atoms with Gasteiger partial charge in [0.2, 0.25) is 5.91 Å². The van der Waals surface area contributed by atoms with E-state index in [4.69, 9.17) is 0 Å². The first-order chi connectivity index (χ1) is 12.3. The predicted octanol–water partition coefficient (Wildman–Crippen LogP) is 2.76. The van der Waals surface area contributed by atoms with Crippen molar-refractivity contribution in [1.82, 2.24) is 20.0 Å². The summed E-state index contributed by atoms with van der Waals surface area (Å²) in [6, 6.07) is 12.7. The summed E-state index contributed by atoms with van der Waals surface area (Å²) < 4.78 is 1.99. The second kappa shape index (κ2) is 7.40. The summed E-state index contributed by atoms with van der Waals surface area (Å²) in [6.07, 6.45) is 9.54. The van der Waals surface area contributed by atoms with Gasteiger partial charge in [-0.05, 0) is 43.9 Å². The molecule has 1 aliphatic carbocycles. The Morgan fingerprint density at radius 3 is 2.72 bits per heavy atom. The molecular formula is C20H26N4O. The van der Waals surface area contributed by atoms with Crippen molar-refractivity contribution in [2.24, 2.45) is 0 Å². The van der Waals surface area contributed by atoms with Crippen LogP contribution in [0.15, 0.2) is 48.8 Å². The van der Waals surface area contributed by atoms with Crippen molar-refractivity contribution in [3.63, 3.8) is 0 Å². The van der Waals surface area contributed by atoms with E-state index in [1.165, 1.54) is 6.42 Å². The van der Waals surface area contributed by atoms with Crippen LogP contribution < -0.4 is 5.32 Å². The highest BCUT2D eigenvalue weighted by atomic mass is 16.2. The van der Waals surface area contributed by atoms with Crippen LogP contribution >= 0.6 is 0 Å². The van der Waals surface area contributed by atoms with Gasteiger partial charge in [-0.25, -0.2) is 0 Å². The molecule has 5 heteroatoms. The third kappa shape index (κ3) is 3.93. The average molecular weight is 338 g/mol. The second-order valence-corrected chi connectivity index (χ2v) is 7.21. The van der Waals surface area contributed by atoms with Crippen molar-refractivity contribution in [1.29, 1.82) is 0 Å². The van der Waals surface area contributed by atoms with Crippen molar-refractivity contribution < 1.29 is 4.79 Å². The normalized spacial score (nSPS) is 22.5. The molecule has 1 saturated carbocycles. The molecule has 2 fully saturated rings. The molecule has 2 aromatic rings. The van der Waals surface area contributed by atoms with Gasteiger partial charge in [-0.2, -0.15) is 5.10 Å². The summed E-state index contributed by atoms with van der Waals surface area (Å²) >= 11 is 0. The fourth-order valence-corrected chi connectivity index (χ4v) is 3.82. The average Bonchev–Trinajstić information content (AvgIpc) is 3.30. The molecule has 2 aliphatic rings. The van der Waals surface area contributed by atoms with Gasteiger partial charge in [0, 0.05) is 24.5 Å². The van der Waals surface area contributed by atoms with Gasteiger partial charge < -0.3 is 5.32 Å². The summed E-state index contributed by atoms with van der Waals surface area (Å²) in [4.78, 5) is 15.5. The Bertz CT molecular complexity index is 681. The Morgan fingerprint density at radius 2 is 2.00 bits per heavy atom. The van der Waals surface area contributed by atoms with Crippen molar-refractivity contribution in [2.45, 2.75) is 56.8 Å². The van der Waals surface area contributed by atoms with E-state index >= 15 is 0 Å². The van der Waals surface area contributed by atoms with Gasteiger partial charge in [0.1, 0.15) is 6.04 Å². The van der Waals surface area contributed by atoms with Gasteiger partial charge in [0.05, 0.1) is 6.54 Å². The minimum absolute atomic E-state index is 0.154. The number of hydrogen-bond donors (Lipinski definition) is 1. The molecule has 1 aromatic carbocycles. The summed E-state index contributed by atoms with van der Waals surface area (Å²) in [5.74, 6) is 0.154. The number of nitrogens with zero attached hydrogens (tertiary/aromatic N) is 3. The Balaban J connectivity index is 1.59. The fourth-order valence-electron chi connectivity index (χ4n) is 3.82. The molecule has 1 N–H and O–H groups in total. The van der Waals surface area contributed by atoms with Crippen molar-refractivity contribution in [3.8, 4) is 0 Å². The lowest BCUT2D eigenvalue weighted by Crippen LogP contribution is -2.49.